The molecule has 1 fully saturated rings. The van der Waals surface area contributed by atoms with Crippen LogP contribution in [0.2, 0.25) is 0 Å². The Morgan fingerprint density at radius 2 is 1.81 bits per heavy atom. The number of amides is 1. The van der Waals surface area contributed by atoms with Gasteiger partial charge in [-0.1, -0.05) is 36.4 Å². The van der Waals surface area contributed by atoms with Crippen LogP contribution in [0.1, 0.15) is 31.2 Å². The van der Waals surface area contributed by atoms with E-state index in [-0.39, 0.29) is 10.8 Å². The number of nitrogens with zero attached hydrogens (tertiary/aromatic N) is 1. The first-order valence-corrected chi connectivity index (χ1v) is 10.5. The molecular weight excluding hydrogens is 362 g/mol. The number of carbonyl (C=O) groups excluding carboxylic acids is 1. The molecule has 0 aromatic heterocycles. The molecule has 2 aromatic rings. The highest BCUT2D eigenvalue weighted by Crippen LogP contribution is 2.48. The lowest BCUT2D eigenvalue weighted by Crippen LogP contribution is -2.30. The van der Waals surface area contributed by atoms with Gasteiger partial charge in [-0.15, -0.1) is 0 Å². The SMILES string of the molecule is O=C(Nc1cccc(S(=O)(=O)NC2=NCCC2)c1)C1(c2ccccc2)CC1. The van der Waals surface area contributed by atoms with E-state index >= 15 is 0 Å². The Labute approximate surface area is 158 Å². The number of carbonyl (C=O) groups is 1. The summed E-state index contributed by atoms with van der Waals surface area (Å²) in [5.74, 6) is 0.391. The Morgan fingerprint density at radius 1 is 1.04 bits per heavy atom. The van der Waals surface area contributed by atoms with Gasteiger partial charge in [0.25, 0.3) is 10.0 Å². The maximum Gasteiger partial charge on any atom is 0.262 e. The van der Waals surface area contributed by atoms with E-state index in [1.54, 1.807) is 12.1 Å². The van der Waals surface area contributed by atoms with E-state index in [0.717, 1.165) is 24.8 Å². The van der Waals surface area contributed by atoms with Gasteiger partial charge in [0.05, 0.1) is 10.3 Å². The Balaban J connectivity index is 1.52. The molecule has 0 saturated heterocycles. The van der Waals surface area contributed by atoms with Gasteiger partial charge in [-0.25, -0.2) is 8.42 Å². The van der Waals surface area contributed by atoms with Gasteiger partial charge >= 0.3 is 0 Å². The molecule has 1 aliphatic carbocycles. The van der Waals surface area contributed by atoms with Crippen LogP contribution in [-0.2, 0) is 20.2 Å². The summed E-state index contributed by atoms with van der Waals surface area (Å²) in [4.78, 5) is 17.1. The highest BCUT2D eigenvalue weighted by molar-refractivity contribution is 7.90. The van der Waals surface area contributed by atoms with Crippen LogP contribution in [-0.4, -0.2) is 26.7 Å². The molecule has 0 bridgehead atoms. The van der Waals surface area contributed by atoms with Crippen molar-refractivity contribution in [2.45, 2.75) is 36.0 Å². The molecule has 2 N–H and O–H groups in total. The van der Waals surface area contributed by atoms with Crippen LogP contribution in [0.5, 0.6) is 0 Å². The van der Waals surface area contributed by atoms with Gasteiger partial charge in [-0.2, -0.15) is 0 Å². The van der Waals surface area contributed by atoms with Crippen molar-refractivity contribution >= 4 is 27.5 Å². The second-order valence-electron chi connectivity index (χ2n) is 6.97. The quantitative estimate of drug-likeness (QED) is 0.832. The number of aliphatic imine (C=N–C) groups is 1. The number of hydrogen-bond acceptors (Lipinski definition) is 4. The van der Waals surface area contributed by atoms with Crippen molar-refractivity contribution in [3.8, 4) is 0 Å². The highest BCUT2D eigenvalue weighted by atomic mass is 32.2. The second kappa shape index (κ2) is 6.81. The van der Waals surface area contributed by atoms with Crippen LogP contribution in [0.4, 0.5) is 5.69 Å². The Bertz CT molecular complexity index is 996. The summed E-state index contributed by atoms with van der Waals surface area (Å²) in [6.07, 6.45) is 3.08. The fourth-order valence-corrected chi connectivity index (χ4v) is 4.49. The molecule has 1 amide bonds. The smallest absolute Gasteiger partial charge is 0.262 e. The Morgan fingerprint density at radius 3 is 2.48 bits per heavy atom. The molecule has 1 aliphatic heterocycles. The maximum absolute atomic E-state index is 12.8. The molecule has 0 atom stereocenters. The van der Waals surface area contributed by atoms with Gasteiger partial charge in [-0.3, -0.25) is 14.5 Å². The number of amidine groups is 1. The van der Waals surface area contributed by atoms with Gasteiger partial charge in [0.2, 0.25) is 5.91 Å². The van der Waals surface area contributed by atoms with E-state index in [2.05, 4.69) is 15.0 Å². The summed E-state index contributed by atoms with van der Waals surface area (Å²) in [5, 5.41) is 2.89. The van der Waals surface area contributed by atoms with Crippen molar-refractivity contribution < 1.29 is 13.2 Å². The van der Waals surface area contributed by atoms with Crippen molar-refractivity contribution in [3.05, 3.63) is 60.2 Å². The first-order valence-electron chi connectivity index (χ1n) is 9.03. The van der Waals surface area contributed by atoms with Crippen LogP contribution in [0, 0.1) is 0 Å². The molecule has 2 aliphatic rings. The number of anilines is 1. The third-order valence-electron chi connectivity index (χ3n) is 5.04. The topological polar surface area (TPSA) is 87.6 Å². The van der Waals surface area contributed by atoms with Crippen molar-refractivity contribution in [2.24, 2.45) is 4.99 Å². The molecule has 0 unspecified atom stereocenters. The lowest BCUT2D eigenvalue weighted by Gasteiger charge is -2.16. The first kappa shape index (κ1) is 17.7. The lowest BCUT2D eigenvalue weighted by molar-refractivity contribution is -0.118. The Hall–Kier alpha value is -2.67. The molecule has 4 rings (SSSR count). The molecule has 6 nitrogen and oxygen atoms in total. The average molecular weight is 383 g/mol. The number of hydrogen-bond donors (Lipinski definition) is 2. The first-order chi connectivity index (χ1) is 13.0. The predicted octanol–water partition coefficient (Wildman–Crippen LogP) is 2.83. The fraction of sp³-hybridized carbons (Fsp3) is 0.300. The number of nitrogens with one attached hydrogen (secondary N) is 2. The number of benzene rings is 2. The lowest BCUT2D eigenvalue weighted by atomic mass is 9.95. The summed E-state index contributed by atoms with van der Waals surface area (Å²) < 4.78 is 27.6. The minimum absolute atomic E-state index is 0.101. The largest absolute Gasteiger partial charge is 0.325 e. The normalized spacial score (nSPS) is 17.9. The molecule has 140 valence electrons. The monoisotopic (exact) mass is 383 g/mol. The average Bonchev–Trinajstić information content (AvgIpc) is 3.34. The van der Waals surface area contributed by atoms with Crippen molar-refractivity contribution in [1.29, 1.82) is 0 Å². The third-order valence-corrected chi connectivity index (χ3v) is 6.42. The van der Waals surface area contributed by atoms with Gasteiger partial charge in [0.15, 0.2) is 0 Å². The molecule has 27 heavy (non-hydrogen) atoms. The van der Waals surface area contributed by atoms with Gasteiger partial charge in [-0.05, 0) is 43.0 Å². The molecule has 1 saturated carbocycles. The molecule has 0 spiro atoms. The van der Waals surface area contributed by atoms with E-state index < -0.39 is 15.4 Å². The van der Waals surface area contributed by atoms with Gasteiger partial charge in [0.1, 0.15) is 5.84 Å². The zero-order valence-corrected chi connectivity index (χ0v) is 15.6. The number of rotatable bonds is 5. The van der Waals surface area contributed by atoms with Gasteiger partial charge in [0, 0.05) is 18.7 Å². The van der Waals surface area contributed by atoms with Crippen molar-refractivity contribution in [2.75, 3.05) is 11.9 Å². The molecule has 2 aromatic carbocycles. The summed E-state index contributed by atoms with van der Waals surface area (Å²) in [7, 11) is -3.71. The van der Waals surface area contributed by atoms with E-state index in [1.807, 2.05) is 30.3 Å². The zero-order valence-electron chi connectivity index (χ0n) is 14.8. The van der Waals surface area contributed by atoms with Crippen LogP contribution < -0.4 is 10.0 Å². The minimum Gasteiger partial charge on any atom is -0.325 e. The van der Waals surface area contributed by atoms with Gasteiger partial charge < -0.3 is 5.32 Å². The minimum atomic E-state index is -3.71. The Kier molecular flexibility index (Phi) is 4.47. The van der Waals surface area contributed by atoms with E-state index in [4.69, 9.17) is 0 Å². The summed E-state index contributed by atoms with van der Waals surface area (Å²) in [6, 6.07) is 16.0. The zero-order chi connectivity index (χ0) is 18.9. The maximum atomic E-state index is 12.8. The van der Waals surface area contributed by atoms with Crippen molar-refractivity contribution in [1.82, 2.24) is 4.72 Å². The van der Waals surface area contributed by atoms with E-state index in [1.165, 1.54) is 12.1 Å². The summed E-state index contributed by atoms with van der Waals surface area (Å²) in [6.45, 7) is 0.648. The van der Waals surface area contributed by atoms with Crippen LogP contribution in [0.3, 0.4) is 0 Å². The van der Waals surface area contributed by atoms with Crippen LogP contribution in [0.15, 0.2) is 64.5 Å². The third kappa shape index (κ3) is 3.60. The van der Waals surface area contributed by atoms with Crippen LogP contribution >= 0.6 is 0 Å². The molecule has 7 heteroatoms. The summed E-state index contributed by atoms with van der Waals surface area (Å²) in [5.41, 5.74) is 0.957. The van der Waals surface area contributed by atoms with E-state index in [9.17, 15) is 13.2 Å². The standard InChI is InChI=1S/C20H21N3O3S/c24-19(20(11-12-20)15-6-2-1-3-7-15)22-16-8-4-9-17(14-16)27(25,26)23-18-10-5-13-21-18/h1-4,6-9,14H,5,10-13H2,(H,21,23)(H,22,24). The molecule has 0 radical (unpaired) electrons. The predicted molar refractivity (Wildman–Crippen MR) is 104 cm³/mol. The molecular formula is C20H21N3O3S. The fourth-order valence-electron chi connectivity index (χ4n) is 3.36. The van der Waals surface area contributed by atoms with E-state index in [0.29, 0.717) is 24.5 Å². The highest BCUT2D eigenvalue weighted by Gasteiger charge is 2.51. The van der Waals surface area contributed by atoms with Crippen molar-refractivity contribution in [3.63, 3.8) is 0 Å². The second-order valence-corrected chi connectivity index (χ2v) is 8.65. The van der Waals surface area contributed by atoms with Crippen LogP contribution in [0.25, 0.3) is 0 Å². The molecule has 1 heterocycles. The number of sulfonamides is 1. The summed E-state index contributed by atoms with van der Waals surface area (Å²) >= 11 is 0.